The second-order valence-corrected chi connectivity index (χ2v) is 15.3. The molecule has 2 fully saturated rings. The first kappa shape index (κ1) is 49.7. The summed E-state index contributed by atoms with van der Waals surface area (Å²) >= 11 is 0. The molecule has 0 aromatic heterocycles. The second kappa shape index (κ2) is 27.1. The van der Waals surface area contributed by atoms with E-state index in [9.17, 15) is 19.2 Å². The third-order valence-corrected chi connectivity index (χ3v) is 10.4. The number of carboxylic acids is 1. The van der Waals surface area contributed by atoms with E-state index in [1.54, 1.807) is 48.5 Å². The van der Waals surface area contributed by atoms with E-state index in [1.165, 1.54) is 24.2 Å². The average molecular weight is 893 g/mol. The number of para-hydroxylation sites is 2. The van der Waals surface area contributed by atoms with Crippen LogP contribution in [0.5, 0.6) is 23.0 Å². The molecule has 2 heterocycles. The molecule has 0 saturated carbocycles. The molecule has 0 unspecified atom stereocenters. The molecule has 4 N–H and O–H groups in total. The normalized spacial score (nSPS) is 13.5. The molecular weight excluding hydrogens is 833 g/mol. The Kier molecular flexibility index (Phi) is 20.4. The summed E-state index contributed by atoms with van der Waals surface area (Å²) in [4.78, 5) is 53.6. The second-order valence-electron chi connectivity index (χ2n) is 15.3. The molecular formula is C53H60N6O7. The molecule has 0 spiro atoms. The molecule has 13 nitrogen and oxygen atoms in total. The molecule has 8 rings (SSSR count). The third kappa shape index (κ3) is 17.3. The number of aliphatic carboxylic acids is 1. The minimum Gasteiger partial charge on any atom is -0.480 e. The largest absolute Gasteiger partial charge is 0.480 e. The molecule has 13 heteroatoms. The van der Waals surface area contributed by atoms with Crippen LogP contribution in [0.2, 0.25) is 0 Å². The number of rotatable bonds is 14. The van der Waals surface area contributed by atoms with Crippen LogP contribution < -0.4 is 25.4 Å². The number of amides is 3. The van der Waals surface area contributed by atoms with Gasteiger partial charge in [0.2, 0.25) is 5.91 Å². The van der Waals surface area contributed by atoms with Crippen molar-refractivity contribution in [1.29, 1.82) is 0 Å². The van der Waals surface area contributed by atoms with Crippen molar-refractivity contribution >= 4 is 23.7 Å². The monoisotopic (exact) mass is 892 g/mol. The Labute approximate surface area is 388 Å². The van der Waals surface area contributed by atoms with Gasteiger partial charge >= 0.3 is 5.97 Å². The van der Waals surface area contributed by atoms with E-state index in [0.29, 0.717) is 41.5 Å². The maximum Gasteiger partial charge on any atom is 0.322 e. The Morgan fingerprint density at radius 2 is 0.833 bits per heavy atom. The predicted molar refractivity (Wildman–Crippen MR) is 258 cm³/mol. The average Bonchev–Trinajstić information content (AvgIpc) is 3.35. The SMILES string of the molecule is C.O=C(NCC(=O)N1CCN(Cc2ccccc2)CC1)c1ccc(Oc2ccccc2)cc1.O=C(O)CNC(=O)c1ccc(Oc2ccccc2)cc1.c1ccc(CN2CCNCC2)cc1. The molecule has 6 aromatic rings. The Balaban J connectivity index is 0.000000204. The standard InChI is InChI=1S/C26H27N3O3.C15H13NO4.C11H16N2.CH4/c30-25(29-17-15-28(16-18-29)20-21-7-3-1-4-8-21)19-27-26(31)22-11-13-24(14-12-22)32-23-9-5-2-6-10-23;17-14(18)10-16-15(19)11-6-8-13(9-7-11)20-12-4-2-1-3-5-12;1-2-4-11(5-3-1)10-13-8-6-12-7-9-13;/h1-14H,15-20H2,(H,27,31);1-9H,10H2,(H,16,19)(H,17,18);1-5,12H,6-10H2;1H4. The van der Waals surface area contributed by atoms with Crippen LogP contribution in [0, 0.1) is 0 Å². The molecule has 344 valence electrons. The summed E-state index contributed by atoms with van der Waals surface area (Å²) in [6, 6.07) is 53.1. The summed E-state index contributed by atoms with van der Waals surface area (Å²) in [6.07, 6.45) is 0. The summed E-state index contributed by atoms with van der Waals surface area (Å²) < 4.78 is 11.3. The van der Waals surface area contributed by atoms with Crippen LogP contribution >= 0.6 is 0 Å². The quantitative estimate of drug-likeness (QED) is 0.0862. The van der Waals surface area contributed by atoms with Gasteiger partial charge in [-0.1, -0.05) is 104 Å². The summed E-state index contributed by atoms with van der Waals surface area (Å²) in [7, 11) is 0. The number of carbonyl (C=O) groups is 4. The zero-order chi connectivity index (χ0) is 45.5. The van der Waals surface area contributed by atoms with Gasteiger partial charge in [0, 0.05) is 76.6 Å². The molecule has 0 aliphatic carbocycles. The first-order valence-electron chi connectivity index (χ1n) is 21.7. The number of carboxylic acid groups (broad SMARTS) is 1. The maximum absolute atomic E-state index is 12.5. The van der Waals surface area contributed by atoms with Crippen LogP contribution in [0.1, 0.15) is 39.3 Å². The van der Waals surface area contributed by atoms with Crippen molar-refractivity contribution in [3.05, 3.63) is 192 Å². The summed E-state index contributed by atoms with van der Waals surface area (Å²) in [5.74, 6) is 0.855. The predicted octanol–water partition coefficient (Wildman–Crippen LogP) is 7.57. The lowest BCUT2D eigenvalue weighted by Gasteiger charge is -2.34. The lowest BCUT2D eigenvalue weighted by atomic mass is 10.2. The number of hydrogen-bond donors (Lipinski definition) is 4. The van der Waals surface area contributed by atoms with Gasteiger partial charge in [0.15, 0.2) is 0 Å². The van der Waals surface area contributed by atoms with E-state index in [-0.39, 0.29) is 25.8 Å². The van der Waals surface area contributed by atoms with Crippen LogP contribution in [0.25, 0.3) is 0 Å². The number of benzene rings is 6. The first-order chi connectivity index (χ1) is 31.8. The molecule has 0 atom stereocenters. The van der Waals surface area contributed by atoms with Crippen LogP contribution in [0.3, 0.4) is 0 Å². The lowest BCUT2D eigenvalue weighted by Crippen LogP contribution is -2.50. The van der Waals surface area contributed by atoms with Crippen LogP contribution in [-0.4, -0.2) is 109 Å². The third-order valence-electron chi connectivity index (χ3n) is 10.4. The van der Waals surface area contributed by atoms with Gasteiger partial charge in [-0.3, -0.25) is 29.0 Å². The van der Waals surface area contributed by atoms with Gasteiger partial charge in [-0.05, 0) is 83.9 Å². The fourth-order valence-electron chi connectivity index (χ4n) is 6.93. The lowest BCUT2D eigenvalue weighted by molar-refractivity contribution is -0.136. The van der Waals surface area contributed by atoms with E-state index in [1.807, 2.05) is 83.8 Å². The smallest absolute Gasteiger partial charge is 0.322 e. The van der Waals surface area contributed by atoms with Gasteiger partial charge in [0.25, 0.3) is 11.8 Å². The van der Waals surface area contributed by atoms with Crippen LogP contribution in [-0.2, 0) is 22.7 Å². The van der Waals surface area contributed by atoms with E-state index in [2.05, 4.69) is 68.2 Å². The van der Waals surface area contributed by atoms with Crippen molar-refractivity contribution in [1.82, 2.24) is 30.7 Å². The van der Waals surface area contributed by atoms with Gasteiger partial charge in [0.05, 0.1) is 6.54 Å². The number of ether oxygens (including phenoxy) is 2. The van der Waals surface area contributed by atoms with Crippen molar-refractivity contribution in [2.24, 2.45) is 0 Å². The van der Waals surface area contributed by atoms with Crippen molar-refractivity contribution in [2.45, 2.75) is 20.5 Å². The highest BCUT2D eigenvalue weighted by molar-refractivity contribution is 5.97. The fourth-order valence-corrected chi connectivity index (χ4v) is 6.93. The molecule has 0 radical (unpaired) electrons. The fraction of sp³-hybridized carbons (Fsp3) is 0.245. The number of carbonyl (C=O) groups excluding carboxylic acids is 3. The highest BCUT2D eigenvalue weighted by Gasteiger charge is 2.21. The van der Waals surface area contributed by atoms with Crippen LogP contribution in [0.15, 0.2) is 170 Å². The Morgan fingerprint density at radius 3 is 1.24 bits per heavy atom. The highest BCUT2D eigenvalue weighted by Crippen LogP contribution is 2.22. The number of nitrogens with zero attached hydrogens (tertiary/aromatic N) is 3. The minimum atomic E-state index is -1.08. The summed E-state index contributed by atoms with van der Waals surface area (Å²) in [6.45, 7) is 9.21. The van der Waals surface area contributed by atoms with E-state index in [4.69, 9.17) is 14.6 Å². The van der Waals surface area contributed by atoms with Crippen molar-refractivity contribution in [3.8, 4) is 23.0 Å². The van der Waals surface area contributed by atoms with Gasteiger partial charge in [-0.2, -0.15) is 0 Å². The van der Waals surface area contributed by atoms with Gasteiger partial charge < -0.3 is 35.4 Å². The summed E-state index contributed by atoms with van der Waals surface area (Å²) in [5, 5.41) is 16.9. The molecule has 0 bridgehead atoms. The molecule has 3 amide bonds. The molecule has 6 aromatic carbocycles. The molecule has 66 heavy (non-hydrogen) atoms. The zero-order valence-corrected chi connectivity index (χ0v) is 36.4. The Hall–Kier alpha value is -7.32. The molecule has 2 aliphatic rings. The van der Waals surface area contributed by atoms with Crippen LogP contribution in [0.4, 0.5) is 0 Å². The van der Waals surface area contributed by atoms with Crippen molar-refractivity contribution in [2.75, 3.05) is 65.4 Å². The molecule has 2 saturated heterocycles. The van der Waals surface area contributed by atoms with Gasteiger partial charge in [-0.15, -0.1) is 0 Å². The van der Waals surface area contributed by atoms with Gasteiger partial charge in [-0.25, -0.2) is 0 Å². The zero-order valence-electron chi connectivity index (χ0n) is 36.4. The maximum atomic E-state index is 12.5. The Bertz CT molecular complexity index is 2340. The van der Waals surface area contributed by atoms with E-state index in [0.717, 1.165) is 45.0 Å². The number of hydrogen-bond acceptors (Lipinski definition) is 9. The number of piperazine rings is 2. The Morgan fingerprint density at radius 1 is 0.470 bits per heavy atom. The highest BCUT2D eigenvalue weighted by atomic mass is 16.5. The minimum absolute atomic E-state index is 0. The van der Waals surface area contributed by atoms with Crippen molar-refractivity contribution in [3.63, 3.8) is 0 Å². The van der Waals surface area contributed by atoms with Gasteiger partial charge in [0.1, 0.15) is 29.5 Å². The van der Waals surface area contributed by atoms with Crippen molar-refractivity contribution < 1.29 is 33.8 Å². The molecule has 2 aliphatic heterocycles. The number of nitrogens with one attached hydrogen (secondary N) is 3. The summed E-state index contributed by atoms with van der Waals surface area (Å²) in [5.41, 5.74) is 3.57. The van der Waals surface area contributed by atoms with E-state index >= 15 is 0 Å². The van der Waals surface area contributed by atoms with E-state index < -0.39 is 18.4 Å². The first-order valence-corrected chi connectivity index (χ1v) is 21.7. The topological polar surface area (TPSA) is 153 Å².